The summed E-state index contributed by atoms with van der Waals surface area (Å²) in [5, 5.41) is 6.82. The van der Waals surface area contributed by atoms with Gasteiger partial charge in [-0.3, -0.25) is 9.59 Å². The predicted molar refractivity (Wildman–Crippen MR) is 125 cm³/mol. The van der Waals surface area contributed by atoms with E-state index in [1.807, 2.05) is 75.4 Å². The van der Waals surface area contributed by atoms with Gasteiger partial charge >= 0.3 is 0 Å². The number of amides is 2. The maximum atomic E-state index is 12.7. The third-order valence-corrected chi connectivity index (χ3v) is 5.07. The summed E-state index contributed by atoms with van der Waals surface area (Å²) in [6.07, 6.45) is 1.87. The van der Waals surface area contributed by atoms with Gasteiger partial charge in [-0.05, 0) is 43.2 Å². The van der Waals surface area contributed by atoms with Crippen molar-refractivity contribution in [2.45, 2.75) is 52.4 Å². The fourth-order valence-corrected chi connectivity index (χ4v) is 3.31. The fraction of sp³-hybridized carbons (Fsp3) is 0.360. The first-order chi connectivity index (χ1) is 15.5. The van der Waals surface area contributed by atoms with Crippen LogP contribution in [0.4, 0.5) is 11.4 Å². The molecule has 1 heterocycles. The third kappa shape index (κ3) is 6.51. The second kappa shape index (κ2) is 11.2. The largest absolute Gasteiger partial charge is 0.339 e. The van der Waals surface area contributed by atoms with Gasteiger partial charge in [0, 0.05) is 36.7 Å². The molecule has 0 bridgehead atoms. The summed E-state index contributed by atoms with van der Waals surface area (Å²) < 4.78 is 5.20. The number of nitrogens with zero attached hydrogens (tertiary/aromatic N) is 3. The van der Waals surface area contributed by atoms with Crippen molar-refractivity contribution in [3.05, 3.63) is 71.9 Å². The standard InChI is InChI=1S/C25H30N4O3/c1-4-29(21-9-6-5-7-10-21)24(31)17-19-13-15-20(16-14-19)26-22(30)11-8-12-23-27-25(18(2)3)28-32-23/h5-7,9-10,13-16,18H,4,8,11-12,17H2,1-3H3,(H,26,30). The lowest BCUT2D eigenvalue weighted by Gasteiger charge is -2.21. The van der Waals surface area contributed by atoms with Crippen molar-refractivity contribution in [1.29, 1.82) is 0 Å². The van der Waals surface area contributed by atoms with Gasteiger partial charge in [0.2, 0.25) is 17.7 Å². The maximum Gasteiger partial charge on any atom is 0.231 e. The number of para-hydroxylation sites is 1. The number of aromatic nitrogens is 2. The highest BCUT2D eigenvalue weighted by Gasteiger charge is 2.14. The van der Waals surface area contributed by atoms with Gasteiger partial charge in [0.15, 0.2) is 5.82 Å². The summed E-state index contributed by atoms with van der Waals surface area (Å²) in [5.74, 6) is 1.44. The number of rotatable bonds is 10. The van der Waals surface area contributed by atoms with Crippen molar-refractivity contribution < 1.29 is 14.1 Å². The smallest absolute Gasteiger partial charge is 0.231 e. The summed E-state index contributed by atoms with van der Waals surface area (Å²) in [4.78, 5) is 31.0. The molecule has 0 fully saturated rings. The zero-order chi connectivity index (χ0) is 22.9. The van der Waals surface area contributed by atoms with E-state index in [0.29, 0.717) is 49.6 Å². The Morgan fingerprint density at radius 2 is 1.78 bits per heavy atom. The quantitative estimate of drug-likeness (QED) is 0.497. The molecule has 1 aromatic heterocycles. The maximum absolute atomic E-state index is 12.7. The van der Waals surface area contributed by atoms with Crippen LogP contribution in [0.1, 0.15) is 56.8 Å². The van der Waals surface area contributed by atoms with E-state index in [4.69, 9.17) is 4.52 Å². The van der Waals surface area contributed by atoms with Crippen LogP contribution < -0.4 is 10.2 Å². The van der Waals surface area contributed by atoms with Crippen molar-refractivity contribution in [1.82, 2.24) is 10.1 Å². The van der Waals surface area contributed by atoms with Crippen molar-refractivity contribution in [3.8, 4) is 0 Å². The molecule has 0 aliphatic carbocycles. The number of anilines is 2. The number of benzene rings is 2. The second-order valence-corrected chi connectivity index (χ2v) is 7.95. The monoisotopic (exact) mass is 434 g/mol. The Hall–Kier alpha value is -3.48. The van der Waals surface area contributed by atoms with Gasteiger partial charge in [-0.25, -0.2) is 0 Å². The van der Waals surface area contributed by atoms with Crippen LogP contribution in [0.5, 0.6) is 0 Å². The Morgan fingerprint density at radius 1 is 1.06 bits per heavy atom. The van der Waals surface area contributed by atoms with Crippen molar-refractivity contribution in [3.63, 3.8) is 0 Å². The molecular weight excluding hydrogens is 404 g/mol. The molecule has 3 aromatic rings. The molecule has 2 amide bonds. The van der Waals surface area contributed by atoms with Crippen molar-refractivity contribution in [2.75, 3.05) is 16.8 Å². The lowest BCUT2D eigenvalue weighted by molar-refractivity contribution is -0.118. The molecular formula is C25H30N4O3. The number of hydrogen-bond acceptors (Lipinski definition) is 5. The zero-order valence-corrected chi connectivity index (χ0v) is 18.9. The molecule has 2 aromatic carbocycles. The van der Waals surface area contributed by atoms with E-state index in [2.05, 4.69) is 15.5 Å². The van der Waals surface area contributed by atoms with Crippen LogP contribution in [-0.2, 0) is 22.4 Å². The van der Waals surface area contributed by atoms with E-state index in [1.165, 1.54) is 0 Å². The highest BCUT2D eigenvalue weighted by Crippen LogP contribution is 2.17. The van der Waals surface area contributed by atoms with Gasteiger partial charge in [0.1, 0.15) is 0 Å². The SMILES string of the molecule is CCN(C(=O)Cc1ccc(NC(=O)CCCc2nc(C(C)C)no2)cc1)c1ccccc1. The second-order valence-electron chi connectivity index (χ2n) is 7.95. The molecule has 0 spiro atoms. The van der Waals surface area contributed by atoms with Gasteiger partial charge in [0.25, 0.3) is 0 Å². The molecule has 3 rings (SSSR count). The number of likely N-dealkylation sites (N-methyl/N-ethyl adjacent to an activating group) is 1. The summed E-state index contributed by atoms with van der Waals surface area (Å²) in [6.45, 7) is 6.59. The topological polar surface area (TPSA) is 88.3 Å². The average molecular weight is 435 g/mol. The van der Waals surface area contributed by atoms with Gasteiger partial charge in [0.05, 0.1) is 6.42 Å². The molecule has 0 aliphatic rings. The highest BCUT2D eigenvalue weighted by atomic mass is 16.5. The molecule has 7 heteroatoms. The predicted octanol–water partition coefficient (Wildman–Crippen LogP) is 4.75. The summed E-state index contributed by atoms with van der Waals surface area (Å²) in [6, 6.07) is 17.0. The highest BCUT2D eigenvalue weighted by molar-refractivity contribution is 5.95. The lowest BCUT2D eigenvalue weighted by Crippen LogP contribution is -2.31. The number of aryl methyl sites for hydroxylation is 1. The van der Waals surface area contributed by atoms with Gasteiger partial charge in [-0.1, -0.05) is 49.3 Å². The minimum absolute atomic E-state index is 0.0390. The number of hydrogen-bond donors (Lipinski definition) is 1. The van der Waals surface area contributed by atoms with Gasteiger partial charge < -0.3 is 14.7 Å². The van der Waals surface area contributed by atoms with Crippen molar-refractivity contribution in [2.24, 2.45) is 0 Å². The lowest BCUT2D eigenvalue weighted by atomic mass is 10.1. The molecule has 0 saturated carbocycles. The summed E-state index contributed by atoms with van der Waals surface area (Å²) >= 11 is 0. The Morgan fingerprint density at radius 3 is 2.41 bits per heavy atom. The van der Waals surface area contributed by atoms with Crippen molar-refractivity contribution >= 4 is 23.2 Å². The zero-order valence-electron chi connectivity index (χ0n) is 18.9. The van der Waals surface area contributed by atoms with Crippen LogP contribution in [0, 0.1) is 0 Å². The van der Waals surface area contributed by atoms with Crippen LogP contribution in [0.25, 0.3) is 0 Å². The van der Waals surface area contributed by atoms with E-state index in [1.54, 1.807) is 4.90 Å². The molecule has 32 heavy (non-hydrogen) atoms. The van der Waals surface area contributed by atoms with Crippen LogP contribution >= 0.6 is 0 Å². The molecule has 0 unspecified atom stereocenters. The average Bonchev–Trinajstić information content (AvgIpc) is 3.26. The van der Waals surface area contributed by atoms with E-state index >= 15 is 0 Å². The van der Waals surface area contributed by atoms with Gasteiger partial charge in [-0.15, -0.1) is 0 Å². The number of nitrogens with one attached hydrogen (secondary N) is 1. The minimum atomic E-state index is -0.0707. The fourth-order valence-electron chi connectivity index (χ4n) is 3.31. The van der Waals surface area contributed by atoms with E-state index in [9.17, 15) is 9.59 Å². The molecule has 0 atom stereocenters. The number of carbonyl (C=O) groups is 2. The Kier molecular flexibility index (Phi) is 8.14. The van der Waals surface area contributed by atoms with Gasteiger partial charge in [-0.2, -0.15) is 4.98 Å². The Bertz CT molecular complexity index is 1010. The van der Waals surface area contributed by atoms with Crippen LogP contribution in [0.2, 0.25) is 0 Å². The Balaban J connectivity index is 1.46. The Labute approximate surface area is 188 Å². The molecule has 0 radical (unpaired) electrons. The first-order valence-electron chi connectivity index (χ1n) is 11.0. The summed E-state index contributed by atoms with van der Waals surface area (Å²) in [7, 11) is 0. The summed E-state index contributed by atoms with van der Waals surface area (Å²) in [5.41, 5.74) is 2.51. The first-order valence-corrected chi connectivity index (χ1v) is 11.0. The van der Waals surface area contributed by atoms with E-state index in [-0.39, 0.29) is 17.7 Å². The third-order valence-electron chi connectivity index (χ3n) is 5.07. The molecule has 1 N–H and O–H groups in total. The molecule has 7 nitrogen and oxygen atoms in total. The van der Waals surface area contributed by atoms with Crippen LogP contribution in [0.15, 0.2) is 59.1 Å². The first kappa shape index (κ1) is 23.2. The molecule has 168 valence electrons. The minimum Gasteiger partial charge on any atom is -0.339 e. The normalized spacial score (nSPS) is 10.9. The molecule has 0 saturated heterocycles. The van der Waals surface area contributed by atoms with Crippen LogP contribution in [-0.4, -0.2) is 28.5 Å². The van der Waals surface area contributed by atoms with Crippen LogP contribution in [0.3, 0.4) is 0 Å². The van der Waals surface area contributed by atoms with E-state index < -0.39 is 0 Å². The molecule has 0 aliphatic heterocycles. The number of carbonyl (C=O) groups excluding carboxylic acids is 2. The van der Waals surface area contributed by atoms with E-state index in [0.717, 1.165) is 11.3 Å².